The zero-order valence-electron chi connectivity index (χ0n) is 9.99. The molecule has 0 radical (unpaired) electrons. The number of nitrogens with one attached hydrogen (secondary N) is 1. The Morgan fingerprint density at radius 3 is 2.58 bits per heavy atom. The minimum Gasteiger partial charge on any atom is -0.398 e. The summed E-state index contributed by atoms with van der Waals surface area (Å²) in [5.74, 6) is -0.561. The number of halogens is 2. The number of benzene rings is 2. The second kappa shape index (κ2) is 5.84. The molecule has 0 bridgehead atoms. The molecule has 0 unspecified atom stereocenters. The van der Waals surface area contributed by atoms with Crippen molar-refractivity contribution in [3.05, 3.63) is 63.9 Å². The van der Waals surface area contributed by atoms with Crippen LogP contribution in [0, 0.1) is 5.82 Å². The predicted octanol–water partition coefficient (Wildman–Crippen LogP) is 3.10. The van der Waals surface area contributed by atoms with Gasteiger partial charge in [0.2, 0.25) is 0 Å². The van der Waals surface area contributed by atoms with Gasteiger partial charge in [-0.25, -0.2) is 4.39 Å². The van der Waals surface area contributed by atoms with Gasteiger partial charge in [-0.1, -0.05) is 28.1 Å². The van der Waals surface area contributed by atoms with Gasteiger partial charge in [0.25, 0.3) is 5.91 Å². The number of hydrogen-bond acceptors (Lipinski definition) is 2. The van der Waals surface area contributed by atoms with E-state index in [4.69, 9.17) is 5.73 Å². The Balaban J connectivity index is 2.05. The van der Waals surface area contributed by atoms with E-state index in [0.29, 0.717) is 17.8 Å². The molecule has 0 aliphatic carbocycles. The number of nitrogens with two attached hydrogens (primary N) is 1. The van der Waals surface area contributed by atoms with Gasteiger partial charge in [-0.3, -0.25) is 4.79 Å². The molecule has 5 heteroatoms. The van der Waals surface area contributed by atoms with Gasteiger partial charge in [-0.2, -0.15) is 0 Å². The van der Waals surface area contributed by atoms with Crippen LogP contribution in [0.15, 0.2) is 46.9 Å². The van der Waals surface area contributed by atoms with E-state index in [2.05, 4.69) is 21.2 Å². The summed E-state index contributed by atoms with van der Waals surface area (Å²) in [5.41, 5.74) is 7.40. The van der Waals surface area contributed by atoms with Gasteiger partial charge in [0.1, 0.15) is 5.82 Å². The molecule has 98 valence electrons. The van der Waals surface area contributed by atoms with E-state index in [-0.39, 0.29) is 11.7 Å². The average Bonchev–Trinajstić information content (AvgIpc) is 2.40. The lowest BCUT2D eigenvalue weighted by Gasteiger charge is -2.08. The Labute approximate surface area is 118 Å². The first-order valence-electron chi connectivity index (χ1n) is 5.64. The highest BCUT2D eigenvalue weighted by Crippen LogP contribution is 2.18. The van der Waals surface area contributed by atoms with Crippen molar-refractivity contribution in [3.63, 3.8) is 0 Å². The molecule has 0 aliphatic heterocycles. The summed E-state index contributed by atoms with van der Waals surface area (Å²) in [6, 6.07) is 11.1. The summed E-state index contributed by atoms with van der Waals surface area (Å²) in [7, 11) is 0. The highest BCUT2D eigenvalue weighted by molar-refractivity contribution is 9.10. The molecule has 3 nitrogen and oxygen atoms in total. The maximum Gasteiger partial charge on any atom is 0.253 e. The number of nitrogen functional groups attached to an aromatic ring is 1. The molecule has 0 heterocycles. The molecule has 0 saturated heterocycles. The van der Waals surface area contributed by atoms with Crippen LogP contribution in [0.2, 0.25) is 0 Å². The van der Waals surface area contributed by atoms with Gasteiger partial charge < -0.3 is 11.1 Å². The molecule has 0 aromatic heterocycles. The van der Waals surface area contributed by atoms with Gasteiger partial charge in [0.05, 0.1) is 5.56 Å². The van der Waals surface area contributed by atoms with Crippen LogP contribution in [0.5, 0.6) is 0 Å². The number of anilines is 1. The van der Waals surface area contributed by atoms with Crippen LogP contribution >= 0.6 is 15.9 Å². The van der Waals surface area contributed by atoms with Crippen molar-refractivity contribution in [3.8, 4) is 0 Å². The number of rotatable bonds is 3. The largest absolute Gasteiger partial charge is 0.398 e. The van der Waals surface area contributed by atoms with Gasteiger partial charge in [-0.15, -0.1) is 0 Å². The molecule has 0 atom stereocenters. The first-order valence-corrected chi connectivity index (χ1v) is 6.43. The van der Waals surface area contributed by atoms with Gasteiger partial charge >= 0.3 is 0 Å². The van der Waals surface area contributed by atoms with E-state index < -0.39 is 0 Å². The maximum atomic E-state index is 12.7. The Kier molecular flexibility index (Phi) is 4.16. The van der Waals surface area contributed by atoms with Crippen molar-refractivity contribution in [2.24, 2.45) is 0 Å². The first kappa shape index (κ1) is 13.5. The molecule has 0 aliphatic rings. The second-order valence-corrected chi connectivity index (χ2v) is 4.96. The third-order valence-electron chi connectivity index (χ3n) is 2.63. The molecule has 19 heavy (non-hydrogen) atoms. The SMILES string of the molecule is Nc1ccc(Br)cc1C(=O)NCc1ccc(F)cc1. The highest BCUT2D eigenvalue weighted by Gasteiger charge is 2.09. The van der Waals surface area contributed by atoms with Gasteiger partial charge in [0, 0.05) is 16.7 Å². The molecule has 1 amide bonds. The normalized spacial score (nSPS) is 10.2. The summed E-state index contributed by atoms with van der Waals surface area (Å²) < 4.78 is 13.5. The van der Waals surface area contributed by atoms with Crippen LogP contribution in [-0.2, 0) is 6.54 Å². The predicted molar refractivity (Wildman–Crippen MR) is 76.1 cm³/mol. The Bertz CT molecular complexity index is 599. The van der Waals surface area contributed by atoms with Gasteiger partial charge in [-0.05, 0) is 35.9 Å². The maximum absolute atomic E-state index is 12.7. The Hall–Kier alpha value is -1.88. The van der Waals surface area contributed by atoms with E-state index >= 15 is 0 Å². The molecular formula is C14H12BrFN2O. The number of amides is 1. The van der Waals surface area contributed by atoms with Crippen molar-refractivity contribution in [1.82, 2.24) is 5.32 Å². The van der Waals surface area contributed by atoms with E-state index in [0.717, 1.165) is 10.0 Å². The molecule has 3 N–H and O–H groups in total. The summed E-state index contributed by atoms with van der Waals surface area (Å²) >= 11 is 3.29. The minimum atomic E-state index is -0.300. The smallest absolute Gasteiger partial charge is 0.253 e. The standard InChI is InChI=1S/C14H12BrFN2O/c15-10-3-6-13(17)12(7-10)14(19)18-8-9-1-4-11(16)5-2-9/h1-7H,8,17H2,(H,18,19). The van der Waals surface area contributed by atoms with Crippen LogP contribution in [-0.4, -0.2) is 5.91 Å². The molecular weight excluding hydrogens is 311 g/mol. The van der Waals surface area contributed by atoms with Crippen molar-refractivity contribution in [2.75, 3.05) is 5.73 Å². The number of carbonyl (C=O) groups excluding carboxylic acids is 1. The summed E-state index contributed by atoms with van der Waals surface area (Å²) in [5, 5.41) is 2.74. The first-order chi connectivity index (χ1) is 9.06. The molecule has 2 aromatic carbocycles. The van der Waals surface area contributed by atoms with Crippen molar-refractivity contribution in [2.45, 2.75) is 6.54 Å². The third kappa shape index (κ3) is 3.54. The fraction of sp³-hybridized carbons (Fsp3) is 0.0714. The second-order valence-electron chi connectivity index (χ2n) is 4.04. The lowest BCUT2D eigenvalue weighted by Crippen LogP contribution is -2.23. The van der Waals surface area contributed by atoms with Crippen molar-refractivity contribution < 1.29 is 9.18 Å². The average molecular weight is 323 g/mol. The fourth-order valence-electron chi connectivity index (χ4n) is 1.60. The monoisotopic (exact) mass is 322 g/mol. The third-order valence-corrected chi connectivity index (χ3v) is 3.12. The van der Waals surface area contributed by atoms with Crippen LogP contribution < -0.4 is 11.1 Å². The zero-order valence-corrected chi connectivity index (χ0v) is 11.6. The zero-order chi connectivity index (χ0) is 13.8. The van der Waals surface area contributed by atoms with Crippen LogP contribution in [0.1, 0.15) is 15.9 Å². The summed E-state index contributed by atoms with van der Waals surface area (Å²) in [4.78, 5) is 12.0. The summed E-state index contributed by atoms with van der Waals surface area (Å²) in [6.07, 6.45) is 0. The van der Waals surface area contributed by atoms with E-state index in [1.54, 1.807) is 30.3 Å². The topological polar surface area (TPSA) is 55.1 Å². The van der Waals surface area contributed by atoms with E-state index in [9.17, 15) is 9.18 Å². The number of carbonyl (C=O) groups is 1. The van der Waals surface area contributed by atoms with E-state index in [1.165, 1.54) is 12.1 Å². The minimum absolute atomic E-state index is 0.261. The summed E-state index contributed by atoms with van der Waals surface area (Å²) in [6.45, 7) is 0.324. The lowest BCUT2D eigenvalue weighted by atomic mass is 10.1. The highest BCUT2D eigenvalue weighted by atomic mass is 79.9. The van der Waals surface area contributed by atoms with E-state index in [1.807, 2.05) is 0 Å². The molecule has 0 spiro atoms. The molecule has 0 fully saturated rings. The van der Waals surface area contributed by atoms with Gasteiger partial charge in [0.15, 0.2) is 0 Å². The van der Waals surface area contributed by atoms with Crippen molar-refractivity contribution in [1.29, 1.82) is 0 Å². The van der Waals surface area contributed by atoms with Crippen molar-refractivity contribution >= 4 is 27.5 Å². The lowest BCUT2D eigenvalue weighted by molar-refractivity contribution is 0.0951. The van der Waals surface area contributed by atoms with Crippen LogP contribution in [0.3, 0.4) is 0 Å². The quantitative estimate of drug-likeness (QED) is 0.853. The Morgan fingerprint density at radius 2 is 1.89 bits per heavy atom. The van der Waals surface area contributed by atoms with Crippen LogP contribution in [0.25, 0.3) is 0 Å². The fourth-order valence-corrected chi connectivity index (χ4v) is 1.97. The van der Waals surface area contributed by atoms with Crippen LogP contribution in [0.4, 0.5) is 10.1 Å². The molecule has 2 aromatic rings. The molecule has 2 rings (SSSR count). The number of hydrogen-bond donors (Lipinski definition) is 2. The Morgan fingerprint density at radius 1 is 1.21 bits per heavy atom. The molecule has 0 saturated carbocycles.